The van der Waals surface area contributed by atoms with Crippen LogP contribution in [0.15, 0.2) is 30.9 Å². The molecule has 0 aromatic heterocycles. The fourth-order valence-electron chi connectivity index (χ4n) is 1.74. The molecule has 0 bridgehead atoms. The highest BCUT2D eigenvalue weighted by Gasteiger charge is 2.10. The summed E-state index contributed by atoms with van der Waals surface area (Å²) >= 11 is 0. The number of hydrogen-bond acceptors (Lipinski definition) is 3. The molecular formula is C14H16N2O2. The second-order valence-corrected chi connectivity index (χ2v) is 4.11. The van der Waals surface area contributed by atoms with Gasteiger partial charge in [0.1, 0.15) is 0 Å². The first-order valence-electron chi connectivity index (χ1n) is 5.61. The summed E-state index contributed by atoms with van der Waals surface area (Å²) in [5, 5.41) is 17.6. The van der Waals surface area contributed by atoms with Gasteiger partial charge in [-0.2, -0.15) is 5.26 Å². The molecule has 94 valence electrons. The lowest BCUT2D eigenvalue weighted by atomic mass is 10.1. The molecule has 0 aliphatic carbocycles. The monoisotopic (exact) mass is 244 g/mol. The summed E-state index contributed by atoms with van der Waals surface area (Å²) in [5.41, 5.74) is 2.63. The predicted molar refractivity (Wildman–Crippen MR) is 69.0 cm³/mol. The van der Waals surface area contributed by atoms with Crippen LogP contribution in [0, 0.1) is 18.3 Å². The maximum atomic E-state index is 10.7. The molecule has 1 N–H and O–H groups in total. The highest BCUT2D eigenvalue weighted by molar-refractivity contribution is 5.69. The van der Waals surface area contributed by atoms with Crippen molar-refractivity contribution < 1.29 is 9.90 Å². The molecule has 0 spiro atoms. The Morgan fingerprint density at radius 3 is 2.83 bits per heavy atom. The topological polar surface area (TPSA) is 64.3 Å². The number of hydrogen-bond donors (Lipinski definition) is 1. The van der Waals surface area contributed by atoms with Crippen LogP contribution in [-0.4, -0.2) is 29.1 Å². The first-order valence-corrected chi connectivity index (χ1v) is 5.61. The Kier molecular flexibility index (Phi) is 5.09. The number of nitrogens with zero attached hydrogens (tertiary/aromatic N) is 2. The molecule has 0 aliphatic heterocycles. The molecule has 0 fully saturated rings. The van der Waals surface area contributed by atoms with Crippen molar-refractivity contribution in [2.24, 2.45) is 0 Å². The molecule has 0 atom stereocenters. The average Bonchev–Trinajstić information content (AvgIpc) is 2.31. The largest absolute Gasteiger partial charge is 0.480 e. The van der Waals surface area contributed by atoms with E-state index < -0.39 is 5.97 Å². The third-order valence-electron chi connectivity index (χ3n) is 2.61. The van der Waals surface area contributed by atoms with Crippen LogP contribution >= 0.6 is 0 Å². The van der Waals surface area contributed by atoms with Crippen molar-refractivity contribution >= 4 is 5.97 Å². The number of benzene rings is 1. The zero-order valence-electron chi connectivity index (χ0n) is 10.4. The van der Waals surface area contributed by atoms with E-state index in [1.54, 1.807) is 17.0 Å². The van der Waals surface area contributed by atoms with E-state index in [0.717, 1.165) is 11.1 Å². The first-order chi connectivity index (χ1) is 8.56. The van der Waals surface area contributed by atoms with Crippen LogP contribution in [0.5, 0.6) is 0 Å². The van der Waals surface area contributed by atoms with Crippen molar-refractivity contribution in [3.8, 4) is 6.07 Å². The lowest BCUT2D eigenvalue weighted by molar-refractivity contribution is -0.138. The van der Waals surface area contributed by atoms with Gasteiger partial charge in [0, 0.05) is 13.1 Å². The van der Waals surface area contributed by atoms with Crippen LogP contribution in [0.1, 0.15) is 16.7 Å². The van der Waals surface area contributed by atoms with E-state index in [1.165, 1.54) is 0 Å². The smallest absolute Gasteiger partial charge is 0.317 e. The standard InChI is InChI=1S/C14H16N2O2/c1-3-6-16(10-14(17)18)9-13-5-4-12(8-15)7-11(13)2/h3-5,7H,1,6,9-10H2,2H3,(H,17,18). The number of carboxylic acid groups (broad SMARTS) is 1. The molecular weight excluding hydrogens is 228 g/mol. The summed E-state index contributed by atoms with van der Waals surface area (Å²) in [5.74, 6) is -0.858. The minimum atomic E-state index is -0.858. The Morgan fingerprint density at radius 2 is 2.33 bits per heavy atom. The van der Waals surface area contributed by atoms with Gasteiger partial charge in [-0.3, -0.25) is 9.69 Å². The first kappa shape index (κ1) is 13.9. The van der Waals surface area contributed by atoms with E-state index in [9.17, 15) is 4.79 Å². The molecule has 1 rings (SSSR count). The summed E-state index contributed by atoms with van der Waals surface area (Å²) in [4.78, 5) is 12.5. The van der Waals surface area contributed by atoms with Gasteiger partial charge in [-0.05, 0) is 30.2 Å². The van der Waals surface area contributed by atoms with Crippen molar-refractivity contribution in [2.75, 3.05) is 13.1 Å². The van der Waals surface area contributed by atoms with Crippen LogP contribution < -0.4 is 0 Å². The van der Waals surface area contributed by atoms with Crippen LogP contribution in [0.4, 0.5) is 0 Å². The molecule has 0 amide bonds. The van der Waals surface area contributed by atoms with Crippen molar-refractivity contribution in [1.29, 1.82) is 5.26 Å². The van der Waals surface area contributed by atoms with E-state index >= 15 is 0 Å². The fraction of sp³-hybridized carbons (Fsp3) is 0.286. The van der Waals surface area contributed by atoms with Gasteiger partial charge in [0.25, 0.3) is 0 Å². The normalized spacial score (nSPS) is 10.1. The zero-order valence-corrected chi connectivity index (χ0v) is 10.4. The van der Waals surface area contributed by atoms with E-state index in [4.69, 9.17) is 10.4 Å². The minimum Gasteiger partial charge on any atom is -0.480 e. The Balaban J connectivity index is 2.83. The number of aryl methyl sites for hydroxylation is 1. The molecule has 4 nitrogen and oxygen atoms in total. The highest BCUT2D eigenvalue weighted by Crippen LogP contribution is 2.13. The average molecular weight is 244 g/mol. The summed E-state index contributed by atoms with van der Waals surface area (Å²) < 4.78 is 0. The van der Waals surface area contributed by atoms with Gasteiger partial charge < -0.3 is 5.11 Å². The number of aliphatic carboxylic acids is 1. The van der Waals surface area contributed by atoms with E-state index in [0.29, 0.717) is 18.7 Å². The minimum absolute atomic E-state index is 0.0224. The third-order valence-corrected chi connectivity index (χ3v) is 2.61. The molecule has 1 aromatic rings. The Bertz CT molecular complexity index is 489. The van der Waals surface area contributed by atoms with Gasteiger partial charge in [0.2, 0.25) is 0 Å². The molecule has 0 aliphatic rings. The summed E-state index contributed by atoms with van der Waals surface area (Å²) in [6.45, 7) is 6.58. The highest BCUT2D eigenvalue weighted by atomic mass is 16.4. The number of nitriles is 1. The lowest BCUT2D eigenvalue weighted by Crippen LogP contribution is -2.29. The molecule has 18 heavy (non-hydrogen) atoms. The van der Waals surface area contributed by atoms with Crippen molar-refractivity contribution in [2.45, 2.75) is 13.5 Å². The Morgan fingerprint density at radius 1 is 1.61 bits per heavy atom. The number of carboxylic acids is 1. The van der Waals surface area contributed by atoms with Crippen LogP contribution in [0.3, 0.4) is 0 Å². The van der Waals surface area contributed by atoms with Crippen LogP contribution in [0.2, 0.25) is 0 Å². The fourth-order valence-corrected chi connectivity index (χ4v) is 1.74. The summed E-state index contributed by atoms with van der Waals surface area (Å²) in [6.07, 6.45) is 1.68. The second kappa shape index (κ2) is 6.58. The van der Waals surface area contributed by atoms with Crippen molar-refractivity contribution in [3.63, 3.8) is 0 Å². The van der Waals surface area contributed by atoms with Gasteiger partial charge in [0.15, 0.2) is 0 Å². The number of carbonyl (C=O) groups is 1. The quantitative estimate of drug-likeness (QED) is 0.777. The predicted octanol–water partition coefficient (Wildman–Crippen LogP) is 1.94. The van der Waals surface area contributed by atoms with E-state index in [2.05, 4.69) is 12.6 Å². The van der Waals surface area contributed by atoms with Gasteiger partial charge in [-0.25, -0.2) is 0 Å². The number of rotatable bonds is 6. The van der Waals surface area contributed by atoms with Crippen LogP contribution in [0.25, 0.3) is 0 Å². The van der Waals surface area contributed by atoms with Gasteiger partial charge in [-0.1, -0.05) is 12.1 Å². The van der Waals surface area contributed by atoms with Gasteiger partial charge >= 0.3 is 5.97 Å². The van der Waals surface area contributed by atoms with Crippen molar-refractivity contribution in [3.05, 3.63) is 47.5 Å². The van der Waals surface area contributed by atoms with E-state index in [1.807, 2.05) is 19.1 Å². The zero-order chi connectivity index (χ0) is 13.5. The SMILES string of the molecule is C=CCN(CC(=O)O)Cc1ccc(C#N)cc1C. The second-order valence-electron chi connectivity index (χ2n) is 4.11. The van der Waals surface area contributed by atoms with Crippen LogP contribution in [-0.2, 0) is 11.3 Å². The maximum absolute atomic E-state index is 10.7. The van der Waals surface area contributed by atoms with E-state index in [-0.39, 0.29) is 6.54 Å². The lowest BCUT2D eigenvalue weighted by Gasteiger charge is -2.19. The van der Waals surface area contributed by atoms with Gasteiger partial charge in [-0.15, -0.1) is 6.58 Å². The third kappa shape index (κ3) is 4.04. The molecule has 0 saturated heterocycles. The Labute approximate surface area is 107 Å². The molecule has 0 unspecified atom stereocenters. The molecule has 0 heterocycles. The molecule has 0 radical (unpaired) electrons. The molecule has 0 saturated carbocycles. The Hall–Kier alpha value is -2.12. The molecule has 1 aromatic carbocycles. The summed E-state index contributed by atoms with van der Waals surface area (Å²) in [6, 6.07) is 7.50. The summed E-state index contributed by atoms with van der Waals surface area (Å²) in [7, 11) is 0. The van der Waals surface area contributed by atoms with Gasteiger partial charge in [0.05, 0.1) is 18.2 Å². The molecule has 4 heteroatoms. The van der Waals surface area contributed by atoms with Crippen molar-refractivity contribution in [1.82, 2.24) is 4.90 Å². The maximum Gasteiger partial charge on any atom is 0.317 e.